The Balaban J connectivity index is 0.000000360. The second kappa shape index (κ2) is 3.59. The molecule has 1 aliphatic rings. The number of hydrogen-bond donors (Lipinski definition) is 0. The molecule has 40 valence electrons. The van der Waals surface area contributed by atoms with Crippen LogP contribution in [-0.4, -0.2) is 0 Å². The highest BCUT2D eigenvalue weighted by Crippen LogP contribution is 1.98. The molecular weight excluding hydrogens is 91.1 g/mol. The molecule has 0 radical (unpaired) electrons. The van der Waals surface area contributed by atoms with E-state index in [0.717, 1.165) is 0 Å². The molecule has 0 fully saturated rings. The van der Waals surface area contributed by atoms with Gasteiger partial charge >= 0.3 is 0 Å². The van der Waals surface area contributed by atoms with Gasteiger partial charge < -0.3 is 0 Å². The van der Waals surface area contributed by atoms with Crippen molar-refractivity contribution in [3.05, 3.63) is 24.3 Å². The smallest absolute Gasteiger partial charge is 0.0313 e. The van der Waals surface area contributed by atoms with Crippen LogP contribution in [0.2, 0.25) is 0 Å². The summed E-state index contributed by atoms with van der Waals surface area (Å²) in [5.74, 6) is 0. The van der Waals surface area contributed by atoms with E-state index in [0.29, 0.717) is 0 Å². The van der Waals surface area contributed by atoms with Gasteiger partial charge in [-0.25, -0.2) is 0 Å². The van der Waals surface area contributed by atoms with Gasteiger partial charge in [-0.15, -0.1) is 0 Å². The summed E-state index contributed by atoms with van der Waals surface area (Å²) < 4.78 is 0. The lowest BCUT2D eigenvalue weighted by Gasteiger charge is -1.88. The van der Waals surface area contributed by atoms with Crippen LogP contribution in [0.3, 0.4) is 0 Å². The fraction of sp³-hybridized carbons (Fsp3) is 0.333. The molecule has 7 heavy (non-hydrogen) atoms. The Bertz CT molecular complexity index is 70.2. The first-order valence-corrected chi connectivity index (χ1v) is 2.32. The predicted octanol–water partition coefficient (Wildman–Crippen LogP) is 2.05. The van der Waals surface area contributed by atoms with Crippen LogP contribution in [0.5, 0.6) is 0 Å². The van der Waals surface area contributed by atoms with Gasteiger partial charge in [-0.05, 0) is 12.8 Å². The lowest BCUT2D eigenvalue weighted by molar-refractivity contribution is 1.04. The highest BCUT2D eigenvalue weighted by molar-refractivity contribution is 5.07. The van der Waals surface area contributed by atoms with Gasteiger partial charge in [0.2, 0.25) is 0 Å². The minimum absolute atomic E-state index is 0. The molecule has 0 aliphatic heterocycles. The molecule has 0 aromatic rings. The van der Waals surface area contributed by atoms with Crippen molar-refractivity contribution < 1.29 is 4.70 Å². The Morgan fingerprint density at radius 1 is 0.857 bits per heavy atom. The maximum Gasteiger partial charge on any atom is -0.0313 e. The van der Waals surface area contributed by atoms with E-state index < -0.39 is 0 Å². The molecule has 0 heterocycles. The molecule has 0 N–H and O–H groups in total. The highest BCUT2D eigenvalue weighted by Gasteiger charge is 1.77. The van der Waals surface area contributed by atoms with E-state index in [1.165, 1.54) is 12.8 Å². The second-order valence-corrected chi connectivity index (χ2v) is 1.43. The van der Waals surface area contributed by atoms with E-state index >= 15 is 0 Å². The quantitative estimate of drug-likeness (QED) is 0.437. The molecule has 0 amide bonds. The van der Waals surface area contributed by atoms with Crippen LogP contribution in [0.4, 0.5) is 4.70 Å². The SMILES string of the molecule is C1=CCCC=C1.F. The van der Waals surface area contributed by atoms with Crippen LogP contribution in [0.25, 0.3) is 0 Å². The second-order valence-electron chi connectivity index (χ2n) is 1.43. The molecule has 0 aromatic heterocycles. The van der Waals surface area contributed by atoms with E-state index in [4.69, 9.17) is 0 Å². The van der Waals surface area contributed by atoms with Crippen molar-refractivity contribution in [2.45, 2.75) is 12.8 Å². The number of rotatable bonds is 0. The molecular formula is C6H9F. The van der Waals surface area contributed by atoms with Gasteiger partial charge in [0.15, 0.2) is 0 Å². The Labute approximate surface area is 42.9 Å². The van der Waals surface area contributed by atoms with Gasteiger partial charge in [-0.3, -0.25) is 4.70 Å². The highest BCUT2D eigenvalue weighted by atomic mass is 19.0. The third kappa shape index (κ3) is 2.15. The topological polar surface area (TPSA) is 0 Å². The largest absolute Gasteiger partial charge is 0.269 e. The zero-order valence-corrected chi connectivity index (χ0v) is 4.13. The summed E-state index contributed by atoms with van der Waals surface area (Å²) in [5.41, 5.74) is 0. The maximum absolute atomic E-state index is 2.18. The summed E-state index contributed by atoms with van der Waals surface area (Å²) in [6.07, 6.45) is 11.0. The lowest BCUT2D eigenvalue weighted by atomic mass is 10.2. The Morgan fingerprint density at radius 3 is 1.43 bits per heavy atom. The lowest BCUT2D eigenvalue weighted by Crippen LogP contribution is -1.67. The first kappa shape index (κ1) is 6.41. The zero-order chi connectivity index (χ0) is 4.24. The third-order valence-corrected chi connectivity index (χ3v) is 0.883. The molecule has 0 saturated heterocycles. The normalized spacial score (nSPS) is 16.0. The summed E-state index contributed by atoms with van der Waals surface area (Å²) in [5, 5.41) is 0. The molecule has 1 rings (SSSR count). The van der Waals surface area contributed by atoms with Crippen molar-refractivity contribution >= 4 is 0 Å². The Hall–Kier alpha value is -0.590. The molecule has 0 saturated carbocycles. The predicted molar refractivity (Wildman–Crippen MR) is 30.0 cm³/mol. The summed E-state index contributed by atoms with van der Waals surface area (Å²) in [7, 11) is 0. The average molecular weight is 100 g/mol. The first-order valence-electron chi connectivity index (χ1n) is 2.32. The number of hydrogen-bond acceptors (Lipinski definition) is 0. The van der Waals surface area contributed by atoms with Crippen LogP contribution < -0.4 is 0 Å². The Morgan fingerprint density at radius 2 is 1.29 bits per heavy atom. The van der Waals surface area contributed by atoms with Gasteiger partial charge in [0.25, 0.3) is 0 Å². The molecule has 0 unspecified atom stereocenters. The van der Waals surface area contributed by atoms with Crippen LogP contribution in [0.1, 0.15) is 12.8 Å². The van der Waals surface area contributed by atoms with Crippen molar-refractivity contribution in [2.75, 3.05) is 0 Å². The van der Waals surface area contributed by atoms with Crippen molar-refractivity contribution in [1.82, 2.24) is 0 Å². The van der Waals surface area contributed by atoms with Crippen molar-refractivity contribution in [3.8, 4) is 0 Å². The van der Waals surface area contributed by atoms with E-state index in [-0.39, 0.29) is 4.70 Å². The van der Waals surface area contributed by atoms with E-state index in [1.807, 2.05) is 0 Å². The summed E-state index contributed by atoms with van der Waals surface area (Å²) in [4.78, 5) is 0. The monoisotopic (exact) mass is 100 g/mol. The number of halogens is 1. The van der Waals surface area contributed by atoms with E-state index in [1.54, 1.807) is 0 Å². The van der Waals surface area contributed by atoms with Gasteiger partial charge in [0, 0.05) is 0 Å². The average Bonchev–Trinajstić information content (AvgIpc) is 1.72. The Kier molecular flexibility index (Phi) is 3.29. The van der Waals surface area contributed by atoms with Crippen LogP contribution in [0, 0.1) is 0 Å². The minimum Gasteiger partial charge on any atom is -0.269 e. The third-order valence-electron chi connectivity index (χ3n) is 0.883. The summed E-state index contributed by atoms with van der Waals surface area (Å²) in [6, 6.07) is 0. The molecule has 0 aromatic carbocycles. The fourth-order valence-electron chi connectivity index (χ4n) is 0.542. The van der Waals surface area contributed by atoms with E-state index in [9.17, 15) is 0 Å². The number of allylic oxidation sites excluding steroid dienone is 4. The van der Waals surface area contributed by atoms with Crippen LogP contribution >= 0.6 is 0 Å². The van der Waals surface area contributed by atoms with Crippen LogP contribution in [0.15, 0.2) is 24.3 Å². The van der Waals surface area contributed by atoms with Gasteiger partial charge in [0.1, 0.15) is 0 Å². The van der Waals surface area contributed by atoms with Crippen LogP contribution in [-0.2, 0) is 0 Å². The zero-order valence-electron chi connectivity index (χ0n) is 4.13. The van der Waals surface area contributed by atoms with Crippen molar-refractivity contribution in [3.63, 3.8) is 0 Å². The van der Waals surface area contributed by atoms with Gasteiger partial charge in [-0.2, -0.15) is 0 Å². The maximum atomic E-state index is 2.18. The van der Waals surface area contributed by atoms with Crippen molar-refractivity contribution in [2.24, 2.45) is 0 Å². The summed E-state index contributed by atoms with van der Waals surface area (Å²) >= 11 is 0. The molecule has 0 bridgehead atoms. The minimum atomic E-state index is 0. The van der Waals surface area contributed by atoms with Gasteiger partial charge in [-0.1, -0.05) is 24.3 Å². The van der Waals surface area contributed by atoms with Crippen molar-refractivity contribution in [1.29, 1.82) is 0 Å². The standard InChI is InChI=1S/C6H8.FH/c1-2-4-6-5-3-1;/h1-4H,5-6H2;1H. The van der Waals surface area contributed by atoms with E-state index in [2.05, 4.69) is 24.3 Å². The molecule has 0 nitrogen and oxygen atoms in total. The summed E-state index contributed by atoms with van der Waals surface area (Å²) in [6.45, 7) is 0. The molecule has 1 heteroatoms. The molecule has 0 atom stereocenters. The van der Waals surface area contributed by atoms with Gasteiger partial charge in [0.05, 0.1) is 0 Å². The fourth-order valence-corrected chi connectivity index (χ4v) is 0.542. The first-order chi connectivity index (χ1) is 3.00. The molecule has 1 aliphatic carbocycles. The molecule has 0 spiro atoms.